The molecule has 0 N–H and O–H groups in total. The molecule has 0 amide bonds. The van der Waals surface area contributed by atoms with Crippen LogP contribution in [0.4, 0.5) is 0 Å². The summed E-state index contributed by atoms with van der Waals surface area (Å²) >= 11 is 0. The predicted molar refractivity (Wildman–Crippen MR) is 486 cm³/mol. The predicted octanol–water partition coefficient (Wildman–Crippen LogP) is 25.3. The molecule has 0 bridgehead atoms. The maximum absolute atomic E-state index is 4.97. The number of benzene rings is 4. The Bertz CT molecular complexity index is 4730. The first kappa shape index (κ1) is 85.4. The van der Waals surface area contributed by atoms with Crippen molar-refractivity contribution in [2.45, 2.75) is 268 Å². The van der Waals surface area contributed by atoms with Crippen LogP contribution in [0.1, 0.15) is 274 Å². The van der Waals surface area contributed by atoms with Crippen molar-refractivity contribution in [3.05, 3.63) is 285 Å². The molecule has 4 aliphatic heterocycles. The molecule has 4 fully saturated rings. The van der Waals surface area contributed by atoms with Crippen molar-refractivity contribution < 1.29 is 0 Å². The average molecular weight is 1560 g/mol. The number of piperidine rings is 1. The van der Waals surface area contributed by atoms with E-state index in [1.165, 1.54) is 248 Å². The molecule has 16 rings (SSSR count). The minimum absolute atomic E-state index is 0.271. The standard InChI is InChI=1S/C27H37N3.2C26H35N3.C25H33N3/c1-20(2)23-12-14-24(15-13-23)26(29-17-7-5-6-8-18-29)27-28-16-19-30(27)25-21(3)10-9-11-22(25)4;1-18(2)22-11-13-23(14-12-22)25(28-16-7-10-21(28)5)26-27-15-17-29(26)24-19(3)8-6-9-20(24)4;1-19(2)22-11-13-23(14-12-22)25(28-16-6-5-7-17-28)26-27-15-18-29(26)24-20(3)9-8-10-21(24)4;1-18(2)21-10-12-22(13-11-21)24(27-15-5-6-16-27)25-26-14-17-28(25)23-19(3)8-7-9-20(23)4/h9-11,14,16,19,23,26H,1,5-8,12-13,15,17-18H2,2-4H3;6,8-9,13,15,17,21-22,25H,1,7,10-12,14,16H2,2-5H3;8-10,13,15,18,22,25H,1,5-7,11-12,14,16-17H2,2-4H3;7-9,12,14,17,21,24H,1,5-6,10-11,13,15-16H2,2-4H3/t23-,26?;21?,22-,25?;22-,25?;21-,24?/m1111/s1. The summed E-state index contributed by atoms with van der Waals surface area (Å²) in [6, 6.07) is 28.0. The number of likely N-dealkylation sites (tertiary alicyclic amines) is 4. The third-order valence-electron chi connectivity index (χ3n) is 27.6. The number of allylic oxidation sites excluding steroid dienone is 8. The molecule has 4 aliphatic carbocycles. The molecule has 8 aromatic rings. The van der Waals surface area contributed by atoms with E-state index in [1.54, 1.807) is 22.3 Å². The van der Waals surface area contributed by atoms with E-state index in [2.05, 4.69) is 276 Å². The Labute approximate surface area is 699 Å². The lowest BCUT2D eigenvalue weighted by molar-refractivity contribution is 0.173. The van der Waals surface area contributed by atoms with E-state index in [9.17, 15) is 0 Å². The first-order valence-corrected chi connectivity index (χ1v) is 44.9. The van der Waals surface area contributed by atoms with E-state index < -0.39 is 0 Å². The highest BCUT2D eigenvalue weighted by molar-refractivity contribution is 5.52. The first-order valence-electron chi connectivity index (χ1n) is 44.9. The summed E-state index contributed by atoms with van der Waals surface area (Å²) in [5, 5.41) is 0. The summed E-state index contributed by atoms with van der Waals surface area (Å²) in [5.74, 6) is 7.28. The van der Waals surface area contributed by atoms with Gasteiger partial charge in [-0.2, -0.15) is 0 Å². The maximum atomic E-state index is 4.97. The fourth-order valence-electron chi connectivity index (χ4n) is 20.9. The molecule has 0 spiro atoms. The number of aryl methyl sites for hydroxylation is 8. The van der Waals surface area contributed by atoms with Crippen LogP contribution in [0, 0.1) is 79.1 Å². The molecule has 616 valence electrons. The molecule has 8 heterocycles. The molecule has 4 aromatic heterocycles. The number of rotatable bonds is 20. The zero-order chi connectivity index (χ0) is 81.7. The molecular formula is C104H140N12. The number of imidazole rings is 4. The molecule has 4 saturated heterocycles. The zero-order valence-corrected chi connectivity index (χ0v) is 73.5. The Hall–Kier alpha value is -8.52. The number of hydrogen-bond acceptors (Lipinski definition) is 8. The monoisotopic (exact) mass is 1560 g/mol. The Morgan fingerprint density at radius 2 is 0.543 bits per heavy atom. The van der Waals surface area contributed by atoms with E-state index >= 15 is 0 Å². The van der Waals surface area contributed by atoms with Crippen LogP contribution in [-0.2, 0) is 0 Å². The van der Waals surface area contributed by atoms with Crippen LogP contribution in [0.15, 0.2) is 218 Å². The van der Waals surface area contributed by atoms with E-state index in [1.807, 2.05) is 24.8 Å². The second-order valence-corrected chi connectivity index (χ2v) is 36.1. The number of hydrogen-bond donors (Lipinski definition) is 0. The van der Waals surface area contributed by atoms with Crippen LogP contribution in [0.25, 0.3) is 22.7 Å². The van der Waals surface area contributed by atoms with Crippen LogP contribution in [0.5, 0.6) is 0 Å². The molecule has 0 saturated carbocycles. The summed E-state index contributed by atoms with van der Waals surface area (Å²) in [4.78, 5) is 30.5. The summed E-state index contributed by atoms with van der Waals surface area (Å²) in [6.07, 6.45) is 54.9. The quantitative estimate of drug-likeness (QED) is 0.0698. The van der Waals surface area contributed by atoms with Gasteiger partial charge >= 0.3 is 0 Å². The Morgan fingerprint density at radius 1 is 0.310 bits per heavy atom. The van der Waals surface area contributed by atoms with Crippen molar-refractivity contribution in [3.63, 3.8) is 0 Å². The Balaban J connectivity index is 0.000000135. The van der Waals surface area contributed by atoms with Crippen LogP contribution >= 0.6 is 0 Å². The fraction of sp³-hybridized carbons (Fsp3) is 0.500. The van der Waals surface area contributed by atoms with Crippen molar-refractivity contribution in [2.24, 2.45) is 23.7 Å². The van der Waals surface area contributed by atoms with Gasteiger partial charge in [-0.25, -0.2) is 19.9 Å². The van der Waals surface area contributed by atoms with Gasteiger partial charge in [0.2, 0.25) is 0 Å². The smallest absolute Gasteiger partial charge is 0.134 e. The van der Waals surface area contributed by atoms with Gasteiger partial charge in [0, 0.05) is 55.6 Å². The number of para-hydroxylation sites is 4. The van der Waals surface area contributed by atoms with Crippen molar-refractivity contribution >= 4 is 0 Å². The Morgan fingerprint density at radius 3 is 0.767 bits per heavy atom. The summed E-state index contributed by atoms with van der Waals surface area (Å²) in [7, 11) is 0. The van der Waals surface area contributed by atoms with Gasteiger partial charge < -0.3 is 18.3 Å². The Kier molecular flexibility index (Phi) is 29.3. The van der Waals surface area contributed by atoms with Crippen molar-refractivity contribution in [3.8, 4) is 22.7 Å². The van der Waals surface area contributed by atoms with Gasteiger partial charge in [-0.05, 0) is 355 Å². The molecule has 0 radical (unpaired) electrons. The number of aromatic nitrogens is 8. The highest BCUT2D eigenvalue weighted by Gasteiger charge is 2.39. The summed E-state index contributed by atoms with van der Waals surface area (Å²) in [6.45, 7) is 53.8. The van der Waals surface area contributed by atoms with Gasteiger partial charge in [-0.3, -0.25) is 19.6 Å². The molecule has 8 aliphatic rings. The molecule has 4 aromatic carbocycles. The van der Waals surface area contributed by atoms with Crippen molar-refractivity contribution in [1.82, 2.24) is 57.8 Å². The molecule has 12 heteroatoms. The third-order valence-corrected chi connectivity index (χ3v) is 27.6. The van der Waals surface area contributed by atoms with E-state index in [-0.39, 0.29) is 18.1 Å². The van der Waals surface area contributed by atoms with E-state index in [0.29, 0.717) is 35.8 Å². The minimum atomic E-state index is 0.271. The molecule has 116 heavy (non-hydrogen) atoms. The summed E-state index contributed by atoms with van der Waals surface area (Å²) in [5.41, 5.74) is 27.1. The van der Waals surface area contributed by atoms with Crippen molar-refractivity contribution in [2.75, 3.05) is 45.8 Å². The third kappa shape index (κ3) is 19.7. The lowest BCUT2D eigenvalue weighted by Gasteiger charge is -2.38. The van der Waals surface area contributed by atoms with Gasteiger partial charge in [-0.15, -0.1) is 0 Å². The normalized spacial score (nSPS) is 22.2. The van der Waals surface area contributed by atoms with Crippen LogP contribution < -0.4 is 0 Å². The lowest BCUT2D eigenvalue weighted by atomic mass is 9.82. The number of nitrogens with zero attached hydrogens (tertiary/aromatic N) is 12. The van der Waals surface area contributed by atoms with Crippen LogP contribution in [0.2, 0.25) is 0 Å². The second kappa shape index (κ2) is 39.8. The minimum Gasteiger partial charge on any atom is -0.302 e. The first-order chi connectivity index (χ1) is 56.1. The van der Waals surface area contributed by atoms with E-state index in [0.717, 1.165) is 57.9 Å². The van der Waals surface area contributed by atoms with Gasteiger partial charge in [-0.1, -0.05) is 165 Å². The topological polar surface area (TPSA) is 84.2 Å². The highest BCUT2D eigenvalue weighted by atomic mass is 15.3. The van der Waals surface area contributed by atoms with Crippen molar-refractivity contribution in [1.29, 1.82) is 0 Å². The molecular weight excluding hydrogens is 1420 g/mol. The molecule has 9 atom stereocenters. The summed E-state index contributed by atoms with van der Waals surface area (Å²) < 4.78 is 9.42. The maximum Gasteiger partial charge on any atom is 0.134 e. The van der Waals surface area contributed by atoms with Crippen LogP contribution in [-0.4, -0.2) is 110 Å². The lowest BCUT2D eigenvalue weighted by Crippen LogP contribution is -2.36. The SMILES string of the molecule is C=C(C)[C@@H]1CC=C(C(c2nccn2-c2c(C)cccc2C)N2CCCC2)CC1.C=C(C)[C@@H]1CC=C(C(c2nccn2-c2c(C)cccc2C)N2CCCC2C)CC1.C=C(C)[C@@H]1CC=C(C(c2nccn2-c2c(C)cccc2C)N2CCCCC2)CC1.C=C(C)[C@@H]1CC=C(C(c2nccn2-c2c(C)cccc2C)N2CCCCCC2)CC1. The van der Waals surface area contributed by atoms with Gasteiger partial charge in [0.25, 0.3) is 0 Å². The highest BCUT2D eigenvalue weighted by Crippen LogP contribution is 2.46. The van der Waals surface area contributed by atoms with E-state index in [4.69, 9.17) is 19.9 Å². The van der Waals surface area contributed by atoms with Gasteiger partial charge in [0.1, 0.15) is 23.3 Å². The zero-order valence-electron chi connectivity index (χ0n) is 73.5. The van der Waals surface area contributed by atoms with Gasteiger partial charge in [0.15, 0.2) is 0 Å². The second-order valence-electron chi connectivity index (χ2n) is 36.1. The van der Waals surface area contributed by atoms with Gasteiger partial charge in [0.05, 0.1) is 46.9 Å². The van der Waals surface area contributed by atoms with Crippen LogP contribution in [0.3, 0.4) is 0 Å². The molecule has 5 unspecified atom stereocenters. The molecule has 12 nitrogen and oxygen atoms in total. The largest absolute Gasteiger partial charge is 0.302 e. The average Bonchev–Trinajstić information content (AvgIpc) is 1.59. The fourth-order valence-corrected chi connectivity index (χ4v) is 20.9.